The van der Waals surface area contributed by atoms with Crippen LogP contribution in [0.1, 0.15) is 51.4 Å². The van der Waals surface area contributed by atoms with Gasteiger partial charge in [0.15, 0.2) is 0 Å². The number of rotatable bonds is 4. The second kappa shape index (κ2) is 5.86. The summed E-state index contributed by atoms with van der Waals surface area (Å²) in [5, 5.41) is 0. The average Bonchev–Trinajstić information content (AvgIpc) is 2.74. The minimum atomic E-state index is 0.482. The molecule has 0 aromatic rings. The first-order valence-corrected chi connectivity index (χ1v) is 6.82. The highest BCUT2D eigenvalue weighted by Crippen LogP contribution is 2.28. The fourth-order valence-electron chi connectivity index (χ4n) is 3.08. The van der Waals surface area contributed by atoms with E-state index >= 15 is 0 Å². The highest BCUT2D eigenvalue weighted by molar-refractivity contribution is 4.74. The molecule has 1 saturated heterocycles. The van der Waals surface area contributed by atoms with E-state index in [9.17, 15) is 0 Å². The van der Waals surface area contributed by atoms with Crippen LogP contribution in [0.25, 0.3) is 0 Å². The zero-order valence-electron chi connectivity index (χ0n) is 9.96. The Hall–Kier alpha value is -0.0800. The molecular weight excluding hydrogens is 184 g/mol. The van der Waals surface area contributed by atoms with E-state index in [0.717, 1.165) is 5.92 Å². The Bertz CT molecular complexity index is 167. The number of nitrogens with two attached hydrogens (primary N) is 1. The molecule has 1 heterocycles. The van der Waals surface area contributed by atoms with E-state index < -0.39 is 0 Å². The third kappa shape index (κ3) is 3.76. The lowest BCUT2D eigenvalue weighted by Gasteiger charge is -2.30. The van der Waals surface area contributed by atoms with E-state index in [-0.39, 0.29) is 0 Å². The molecule has 0 spiro atoms. The fraction of sp³-hybridized carbons (Fsp3) is 1.00. The van der Waals surface area contributed by atoms with E-state index in [4.69, 9.17) is 5.73 Å². The zero-order valence-corrected chi connectivity index (χ0v) is 9.96. The predicted molar refractivity (Wildman–Crippen MR) is 64.8 cm³/mol. The Balaban J connectivity index is 1.53. The first kappa shape index (κ1) is 11.4. The van der Waals surface area contributed by atoms with Gasteiger partial charge in [0, 0.05) is 6.04 Å². The number of hydrogen-bond donors (Lipinski definition) is 1. The predicted octanol–water partition coefficient (Wildman–Crippen LogP) is 2.38. The summed E-state index contributed by atoms with van der Waals surface area (Å²) in [4.78, 5) is 2.61. The Labute approximate surface area is 94.2 Å². The molecule has 0 aromatic carbocycles. The third-order valence-corrected chi connectivity index (χ3v) is 4.19. The van der Waals surface area contributed by atoms with Crippen molar-refractivity contribution in [1.82, 2.24) is 4.90 Å². The normalized spacial score (nSPS) is 26.2. The number of piperidine rings is 1. The maximum absolute atomic E-state index is 5.90. The molecule has 2 rings (SSSR count). The molecule has 15 heavy (non-hydrogen) atoms. The van der Waals surface area contributed by atoms with Gasteiger partial charge in [-0.3, -0.25) is 0 Å². The molecule has 88 valence electrons. The van der Waals surface area contributed by atoms with Crippen molar-refractivity contribution in [1.29, 1.82) is 0 Å². The smallest absolute Gasteiger partial charge is 0.00631 e. The van der Waals surface area contributed by atoms with Crippen molar-refractivity contribution < 1.29 is 0 Å². The van der Waals surface area contributed by atoms with Gasteiger partial charge in [-0.1, -0.05) is 25.7 Å². The van der Waals surface area contributed by atoms with Crippen LogP contribution in [-0.2, 0) is 0 Å². The summed E-state index contributed by atoms with van der Waals surface area (Å²) in [6, 6.07) is 0.482. The van der Waals surface area contributed by atoms with E-state index in [1.54, 1.807) is 0 Å². The maximum Gasteiger partial charge on any atom is 0.00631 e. The number of hydrogen-bond acceptors (Lipinski definition) is 2. The molecule has 0 unspecified atom stereocenters. The largest absolute Gasteiger partial charge is 0.328 e. The molecule has 2 heteroatoms. The summed E-state index contributed by atoms with van der Waals surface area (Å²) in [6.07, 6.45) is 11.3. The zero-order chi connectivity index (χ0) is 10.5. The van der Waals surface area contributed by atoms with Crippen LogP contribution in [0.15, 0.2) is 0 Å². The van der Waals surface area contributed by atoms with Crippen LogP contribution in [0.4, 0.5) is 0 Å². The summed E-state index contributed by atoms with van der Waals surface area (Å²) < 4.78 is 0. The molecule has 0 aromatic heterocycles. The van der Waals surface area contributed by atoms with Gasteiger partial charge in [0.05, 0.1) is 0 Å². The van der Waals surface area contributed by atoms with Crippen LogP contribution in [0.2, 0.25) is 0 Å². The van der Waals surface area contributed by atoms with Crippen molar-refractivity contribution in [2.75, 3.05) is 19.6 Å². The van der Waals surface area contributed by atoms with Gasteiger partial charge in [-0.2, -0.15) is 0 Å². The monoisotopic (exact) mass is 210 g/mol. The lowest BCUT2D eigenvalue weighted by molar-refractivity contribution is 0.206. The highest BCUT2D eigenvalue weighted by atomic mass is 15.1. The first-order valence-electron chi connectivity index (χ1n) is 6.82. The van der Waals surface area contributed by atoms with Gasteiger partial charge in [-0.05, 0) is 51.2 Å². The number of likely N-dealkylation sites (tertiary alicyclic amines) is 1. The molecule has 0 radical (unpaired) electrons. The van der Waals surface area contributed by atoms with Crippen molar-refractivity contribution in [3.05, 3.63) is 0 Å². The first-order chi connectivity index (χ1) is 7.34. The molecule has 1 saturated carbocycles. The minimum Gasteiger partial charge on any atom is -0.328 e. The molecule has 2 nitrogen and oxygen atoms in total. The van der Waals surface area contributed by atoms with Crippen LogP contribution in [0.5, 0.6) is 0 Å². The van der Waals surface area contributed by atoms with Crippen molar-refractivity contribution >= 4 is 0 Å². The summed E-state index contributed by atoms with van der Waals surface area (Å²) in [7, 11) is 0. The SMILES string of the molecule is NC1CCN(CCCC2CCCC2)CC1. The quantitative estimate of drug-likeness (QED) is 0.772. The highest BCUT2D eigenvalue weighted by Gasteiger charge is 2.17. The number of nitrogens with zero attached hydrogens (tertiary/aromatic N) is 1. The average molecular weight is 210 g/mol. The van der Waals surface area contributed by atoms with Crippen LogP contribution in [0, 0.1) is 5.92 Å². The topological polar surface area (TPSA) is 29.3 Å². The molecule has 2 N–H and O–H groups in total. The molecule has 1 aliphatic carbocycles. The van der Waals surface area contributed by atoms with Gasteiger partial charge in [-0.15, -0.1) is 0 Å². The van der Waals surface area contributed by atoms with Gasteiger partial charge in [0.25, 0.3) is 0 Å². The lowest BCUT2D eigenvalue weighted by Crippen LogP contribution is -2.40. The van der Waals surface area contributed by atoms with Gasteiger partial charge in [0.2, 0.25) is 0 Å². The third-order valence-electron chi connectivity index (χ3n) is 4.19. The molecule has 1 aliphatic heterocycles. The van der Waals surface area contributed by atoms with Crippen LogP contribution in [0.3, 0.4) is 0 Å². The Morgan fingerprint density at radius 2 is 1.67 bits per heavy atom. The maximum atomic E-state index is 5.90. The van der Waals surface area contributed by atoms with Gasteiger partial charge in [-0.25, -0.2) is 0 Å². The van der Waals surface area contributed by atoms with Gasteiger partial charge < -0.3 is 10.6 Å². The molecule has 2 fully saturated rings. The summed E-state index contributed by atoms with van der Waals surface area (Å²) in [5.74, 6) is 1.07. The Kier molecular flexibility index (Phi) is 4.45. The van der Waals surface area contributed by atoms with E-state index in [1.165, 1.54) is 71.0 Å². The molecule has 0 amide bonds. The fourth-order valence-corrected chi connectivity index (χ4v) is 3.08. The Morgan fingerprint density at radius 1 is 1.00 bits per heavy atom. The minimum absolute atomic E-state index is 0.482. The van der Waals surface area contributed by atoms with E-state index in [0.29, 0.717) is 6.04 Å². The molecule has 0 bridgehead atoms. The van der Waals surface area contributed by atoms with E-state index in [1.807, 2.05) is 0 Å². The van der Waals surface area contributed by atoms with Crippen LogP contribution in [-0.4, -0.2) is 30.6 Å². The van der Waals surface area contributed by atoms with E-state index in [2.05, 4.69) is 4.90 Å². The molecular formula is C13H26N2. The summed E-state index contributed by atoms with van der Waals surface area (Å²) in [6.45, 7) is 3.81. The van der Waals surface area contributed by atoms with Gasteiger partial charge >= 0.3 is 0 Å². The summed E-state index contributed by atoms with van der Waals surface area (Å²) >= 11 is 0. The Morgan fingerprint density at radius 3 is 2.33 bits per heavy atom. The molecule has 2 aliphatic rings. The van der Waals surface area contributed by atoms with Crippen LogP contribution >= 0.6 is 0 Å². The lowest BCUT2D eigenvalue weighted by atomic mass is 10.0. The van der Waals surface area contributed by atoms with Crippen molar-refractivity contribution in [2.45, 2.75) is 57.4 Å². The van der Waals surface area contributed by atoms with Gasteiger partial charge in [0.1, 0.15) is 0 Å². The standard InChI is InChI=1S/C13H26N2/c14-13-7-10-15(11-8-13)9-3-6-12-4-1-2-5-12/h12-13H,1-11,14H2. The van der Waals surface area contributed by atoms with Crippen molar-refractivity contribution in [3.63, 3.8) is 0 Å². The molecule has 0 atom stereocenters. The van der Waals surface area contributed by atoms with Crippen molar-refractivity contribution in [3.8, 4) is 0 Å². The second-order valence-electron chi connectivity index (χ2n) is 5.47. The summed E-state index contributed by atoms with van der Waals surface area (Å²) in [5.41, 5.74) is 5.90. The second-order valence-corrected chi connectivity index (χ2v) is 5.47. The van der Waals surface area contributed by atoms with Crippen LogP contribution < -0.4 is 5.73 Å². The van der Waals surface area contributed by atoms with Crippen molar-refractivity contribution in [2.24, 2.45) is 11.7 Å².